The van der Waals surface area contributed by atoms with Gasteiger partial charge in [0.25, 0.3) is 0 Å². The van der Waals surface area contributed by atoms with Crippen LogP contribution in [-0.4, -0.2) is 17.9 Å². The average molecular weight is 257 g/mol. The van der Waals surface area contributed by atoms with Gasteiger partial charge in [-0.05, 0) is 36.8 Å². The predicted molar refractivity (Wildman–Crippen MR) is 71.3 cm³/mol. The van der Waals surface area contributed by atoms with E-state index in [0.717, 1.165) is 21.7 Å². The molecule has 0 saturated carbocycles. The smallest absolute Gasteiger partial charge is 0.187 e. The topological polar surface area (TPSA) is 39.2 Å². The Hall–Kier alpha value is -1.94. The van der Waals surface area contributed by atoms with Crippen molar-refractivity contribution < 1.29 is 9.53 Å². The van der Waals surface area contributed by atoms with Crippen molar-refractivity contribution in [3.05, 3.63) is 51.5 Å². The molecular weight excluding hydrogens is 246 g/mol. The summed E-state index contributed by atoms with van der Waals surface area (Å²) in [5, 5.41) is 0. The van der Waals surface area contributed by atoms with E-state index in [1.165, 1.54) is 0 Å². The van der Waals surface area contributed by atoms with E-state index in [1.54, 1.807) is 36.1 Å². The molecule has 1 aliphatic rings. The van der Waals surface area contributed by atoms with E-state index in [9.17, 15) is 4.79 Å². The third-order valence-electron chi connectivity index (χ3n) is 3.05. The third-order valence-corrected chi connectivity index (χ3v) is 4.01. The van der Waals surface area contributed by atoms with Gasteiger partial charge in [0.15, 0.2) is 5.78 Å². The van der Waals surface area contributed by atoms with Gasteiger partial charge in [-0.2, -0.15) is 0 Å². The Morgan fingerprint density at radius 1 is 1.28 bits per heavy atom. The van der Waals surface area contributed by atoms with Crippen LogP contribution < -0.4 is 4.74 Å². The lowest BCUT2D eigenvalue weighted by Gasteiger charge is -2.05. The van der Waals surface area contributed by atoms with Crippen molar-refractivity contribution >= 4 is 22.7 Å². The van der Waals surface area contributed by atoms with E-state index in [0.29, 0.717) is 11.3 Å². The Labute approximate surface area is 109 Å². The zero-order valence-electron chi connectivity index (χ0n) is 10.1. The van der Waals surface area contributed by atoms with E-state index >= 15 is 0 Å². The number of thiazole rings is 1. The van der Waals surface area contributed by atoms with Crippen LogP contribution in [0.15, 0.2) is 29.8 Å². The highest BCUT2D eigenvalue weighted by Crippen LogP contribution is 2.37. The highest BCUT2D eigenvalue weighted by Gasteiger charge is 2.24. The summed E-state index contributed by atoms with van der Waals surface area (Å²) in [7, 11) is 1.60. The van der Waals surface area contributed by atoms with Crippen LogP contribution >= 0.6 is 11.3 Å². The van der Waals surface area contributed by atoms with Crippen LogP contribution in [0.25, 0.3) is 5.57 Å². The summed E-state index contributed by atoms with van der Waals surface area (Å²) in [5.41, 5.74) is 5.41. The maximum absolute atomic E-state index is 12.0. The molecule has 90 valence electrons. The number of hydrogen-bond donors (Lipinski definition) is 0. The molecule has 0 saturated heterocycles. The Morgan fingerprint density at radius 2 is 2.11 bits per heavy atom. The molecule has 0 radical (unpaired) electrons. The first kappa shape index (κ1) is 11.2. The number of carbonyl (C=O) groups is 1. The van der Waals surface area contributed by atoms with Crippen LogP contribution in [0.2, 0.25) is 0 Å². The van der Waals surface area contributed by atoms with E-state index < -0.39 is 0 Å². The van der Waals surface area contributed by atoms with Gasteiger partial charge >= 0.3 is 0 Å². The minimum absolute atomic E-state index is 0.0340. The van der Waals surface area contributed by atoms with Crippen molar-refractivity contribution in [1.82, 2.24) is 4.98 Å². The quantitative estimate of drug-likeness (QED) is 0.830. The minimum Gasteiger partial charge on any atom is -0.497 e. The fourth-order valence-electron chi connectivity index (χ4n) is 2.12. The number of aromatic nitrogens is 1. The summed E-state index contributed by atoms with van der Waals surface area (Å²) < 4.78 is 5.15. The Bertz CT molecular complexity index is 670. The van der Waals surface area contributed by atoms with Crippen LogP contribution in [0.1, 0.15) is 26.5 Å². The van der Waals surface area contributed by atoms with Gasteiger partial charge in [-0.25, -0.2) is 4.98 Å². The van der Waals surface area contributed by atoms with Gasteiger partial charge < -0.3 is 4.74 Å². The number of aryl methyl sites for hydroxylation is 1. The van der Waals surface area contributed by atoms with Crippen molar-refractivity contribution in [3.8, 4) is 5.75 Å². The molecule has 3 nitrogen and oxygen atoms in total. The number of nitrogens with zero attached hydrogens (tertiary/aromatic N) is 1. The number of rotatable bonds is 2. The molecular formula is C14H11NO2S. The fourth-order valence-corrected chi connectivity index (χ4v) is 2.96. The Morgan fingerprint density at radius 3 is 2.78 bits per heavy atom. The summed E-state index contributed by atoms with van der Waals surface area (Å²) in [6, 6.07) is 5.60. The molecule has 0 atom stereocenters. The SMILES string of the molecule is COc1ccc2c(c1)C(=O)C=C2c1scnc1C. The third kappa shape index (κ3) is 1.57. The second kappa shape index (κ2) is 4.07. The number of allylic oxidation sites excluding steroid dienone is 1. The molecule has 2 aromatic rings. The normalized spacial score (nSPS) is 13.4. The summed E-state index contributed by atoms with van der Waals surface area (Å²) in [6.07, 6.45) is 1.69. The lowest BCUT2D eigenvalue weighted by Crippen LogP contribution is -1.93. The zero-order valence-corrected chi connectivity index (χ0v) is 10.9. The molecule has 1 aromatic heterocycles. The Balaban J connectivity index is 2.16. The van der Waals surface area contributed by atoms with Crippen LogP contribution in [0, 0.1) is 6.92 Å². The first-order valence-corrected chi connectivity index (χ1v) is 6.43. The second-order valence-corrected chi connectivity index (χ2v) is 4.96. The molecule has 0 aliphatic heterocycles. The number of benzene rings is 1. The average Bonchev–Trinajstić information content (AvgIpc) is 2.93. The molecule has 4 heteroatoms. The number of carbonyl (C=O) groups excluding carboxylic acids is 1. The van der Waals surface area contributed by atoms with Crippen molar-refractivity contribution in [3.63, 3.8) is 0 Å². The molecule has 0 N–H and O–H groups in total. The summed E-state index contributed by atoms with van der Waals surface area (Å²) in [4.78, 5) is 17.3. The minimum atomic E-state index is 0.0340. The summed E-state index contributed by atoms with van der Waals surface area (Å²) in [5.74, 6) is 0.740. The molecule has 3 rings (SSSR count). The van der Waals surface area contributed by atoms with Gasteiger partial charge in [0, 0.05) is 11.1 Å². The van der Waals surface area contributed by atoms with Crippen LogP contribution in [0.4, 0.5) is 0 Å². The highest BCUT2D eigenvalue weighted by molar-refractivity contribution is 7.11. The van der Waals surface area contributed by atoms with Gasteiger partial charge in [0.05, 0.1) is 23.2 Å². The molecule has 18 heavy (non-hydrogen) atoms. The maximum atomic E-state index is 12.0. The highest BCUT2D eigenvalue weighted by atomic mass is 32.1. The Kier molecular flexibility index (Phi) is 2.52. The van der Waals surface area contributed by atoms with Crippen molar-refractivity contribution in [2.75, 3.05) is 7.11 Å². The van der Waals surface area contributed by atoms with Gasteiger partial charge in [-0.3, -0.25) is 4.79 Å². The number of fused-ring (bicyclic) bond motifs is 1. The summed E-state index contributed by atoms with van der Waals surface area (Å²) in [6.45, 7) is 1.96. The maximum Gasteiger partial charge on any atom is 0.187 e. The van der Waals surface area contributed by atoms with Crippen molar-refractivity contribution in [1.29, 1.82) is 0 Å². The molecule has 0 unspecified atom stereocenters. The first-order valence-electron chi connectivity index (χ1n) is 5.55. The largest absolute Gasteiger partial charge is 0.497 e. The number of hydrogen-bond acceptors (Lipinski definition) is 4. The summed E-state index contributed by atoms with van der Waals surface area (Å²) >= 11 is 1.56. The number of methoxy groups -OCH3 is 1. The van der Waals surface area contributed by atoms with Gasteiger partial charge in [0.1, 0.15) is 5.75 Å². The lowest BCUT2D eigenvalue weighted by molar-refractivity contribution is 0.104. The zero-order chi connectivity index (χ0) is 12.7. The van der Waals surface area contributed by atoms with Crippen molar-refractivity contribution in [2.45, 2.75) is 6.92 Å². The second-order valence-electron chi connectivity index (χ2n) is 4.10. The molecule has 0 bridgehead atoms. The van der Waals surface area contributed by atoms with Crippen LogP contribution in [-0.2, 0) is 0 Å². The predicted octanol–water partition coefficient (Wildman–Crippen LogP) is 3.09. The number of ketones is 1. The van der Waals surface area contributed by atoms with Gasteiger partial charge in [-0.1, -0.05) is 0 Å². The standard InChI is InChI=1S/C14H11NO2S/c1-8-14(18-7-15-8)12-6-13(16)11-5-9(17-2)3-4-10(11)12/h3-7H,1-2H3. The first-order chi connectivity index (χ1) is 8.70. The molecule has 0 amide bonds. The lowest BCUT2D eigenvalue weighted by atomic mass is 10.0. The molecule has 0 spiro atoms. The number of ether oxygens (including phenoxy) is 1. The molecule has 1 aliphatic carbocycles. The molecule has 1 aromatic carbocycles. The molecule has 0 fully saturated rings. The fraction of sp³-hybridized carbons (Fsp3) is 0.143. The van der Waals surface area contributed by atoms with E-state index in [2.05, 4.69) is 4.98 Å². The van der Waals surface area contributed by atoms with Gasteiger partial charge in [-0.15, -0.1) is 11.3 Å². The van der Waals surface area contributed by atoms with Crippen LogP contribution in [0.3, 0.4) is 0 Å². The van der Waals surface area contributed by atoms with E-state index in [1.807, 2.05) is 19.1 Å². The van der Waals surface area contributed by atoms with Gasteiger partial charge in [0.2, 0.25) is 0 Å². The van der Waals surface area contributed by atoms with E-state index in [4.69, 9.17) is 4.74 Å². The van der Waals surface area contributed by atoms with Crippen molar-refractivity contribution in [2.24, 2.45) is 0 Å². The van der Waals surface area contributed by atoms with E-state index in [-0.39, 0.29) is 5.78 Å². The molecule has 1 heterocycles. The monoisotopic (exact) mass is 257 g/mol. The van der Waals surface area contributed by atoms with Crippen LogP contribution in [0.5, 0.6) is 5.75 Å².